The molecule has 2 fully saturated rings. The van der Waals surface area contributed by atoms with Crippen molar-refractivity contribution in [3.8, 4) is 0 Å². The molecule has 1 aliphatic heterocycles. The van der Waals surface area contributed by atoms with Crippen molar-refractivity contribution >= 4 is 11.8 Å². The molecule has 3 aliphatic rings. The van der Waals surface area contributed by atoms with Crippen molar-refractivity contribution in [2.45, 2.75) is 128 Å². The van der Waals surface area contributed by atoms with E-state index in [0.717, 1.165) is 43.5 Å². The number of hydrogen-bond donors (Lipinski definition) is 2. The molecule has 0 radical (unpaired) electrons. The summed E-state index contributed by atoms with van der Waals surface area (Å²) >= 11 is 0. The van der Waals surface area contributed by atoms with E-state index in [9.17, 15) is 9.59 Å². The van der Waals surface area contributed by atoms with Gasteiger partial charge >= 0.3 is 0 Å². The second-order valence-corrected chi connectivity index (χ2v) is 13.2. The van der Waals surface area contributed by atoms with Crippen molar-refractivity contribution in [3.63, 3.8) is 0 Å². The van der Waals surface area contributed by atoms with Crippen LogP contribution in [0.5, 0.6) is 0 Å². The van der Waals surface area contributed by atoms with Gasteiger partial charge < -0.3 is 20.5 Å². The van der Waals surface area contributed by atoms with Gasteiger partial charge in [-0.05, 0) is 41.7 Å². The molecule has 7 nitrogen and oxygen atoms in total. The van der Waals surface area contributed by atoms with Crippen LogP contribution in [0.4, 0.5) is 0 Å². The first-order chi connectivity index (χ1) is 18.7. The Kier molecular flexibility index (Phi) is 8.46. The Hall–Kier alpha value is -2.67. The van der Waals surface area contributed by atoms with Crippen LogP contribution in [-0.2, 0) is 34.5 Å². The van der Waals surface area contributed by atoms with Gasteiger partial charge in [-0.25, -0.2) is 4.98 Å². The summed E-state index contributed by atoms with van der Waals surface area (Å²) in [6.07, 6.45) is 12.8. The summed E-state index contributed by atoms with van der Waals surface area (Å²) in [5.41, 5.74) is 10.9. The number of nitrogens with two attached hydrogens (primary N) is 1. The monoisotopic (exact) mass is 533 g/mol. The van der Waals surface area contributed by atoms with Crippen molar-refractivity contribution in [1.82, 2.24) is 19.8 Å². The molecule has 2 saturated carbocycles. The largest absolute Gasteiger partial charge is 0.350 e. The molecule has 0 bridgehead atoms. The molecule has 3 unspecified atom stereocenters. The molecule has 212 valence electrons. The minimum atomic E-state index is -0.530. The van der Waals surface area contributed by atoms with E-state index in [4.69, 9.17) is 10.7 Å². The molecule has 0 spiro atoms. The Bertz CT molecular complexity index is 1140. The molecule has 1 aromatic heterocycles. The van der Waals surface area contributed by atoms with E-state index < -0.39 is 6.04 Å². The van der Waals surface area contributed by atoms with Gasteiger partial charge in [0.05, 0.1) is 24.3 Å². The van der Waals surface area contributed by atoms with Gasteiger partial charge in [0.2, 0.25) is 11.8 Å². The van der Waals surface area contributed by atoms with E-state index in [1.54, 1.807) is 0 Å². The Morgan fingerprint density at radius 1 is 1.03 bits per heavy atom. The number of hydrogen-bond acceptors (Lipinski definition) is 4. The van der Waals surface area contributed by atoms with Crippen LogP contribution in [0.15, 0.2) is 30.6 Å². The summed E-state index contributed by atoms with van der Waals surface area (Å²) in [7, 11) is 0. The average molecular weight is 534 g/mol. The second-order valence-electron chi connectivity index (χ2n) is 13.2. The number of carbonyl (C=O) groups excluding carboxylic acids is 2. The highest BCUT2D eigenvalue weighted by Crippen LogP contribution is 2.31. The third-order valence-electron chi connectivity index (χ3n) is 9.30. The lowest BCUT2D eigenvalue weighted by Gasteiger charge is -2.37. The van der Waals surface area contributed by atoms with Crippen LogP contribution in [0.1, 0.15) is 107 Å². The van der Waals surface area contributed by atoms with Crippen LogP contribution < -0.4 is 11.1 Å². The second kappa shape index (κ2) is 11.8. The van der Waals surface area contributed by atoms with Gasteiger partial charge in [0.1, 0.15) is 6.04 Å². The number of aromatic nitrogens is 2. The van der Waals surface area contributed by atoms with Gasteiger partial charge in [-0.1, -0.05) is 83.6 Å². The molecule has 7 heteroatoms. The lowest BCUT2D eigenvalue weighted by molar-refractivity contribution is -0.142. The first-order valence-electron chi connectivity index (χ1n) is 15.2. The van der Waals surface area contributed by atoms with Crippen LogP contribution in [-0.4, -0.2) is 44.4 Å². The fourth-order valence-corrected chi connectivity index (χ4v) is 6.69. The summed E-state index contributed by atoms with van der Waals surface area (Å²) < 4.78 is 2.16. The van der Waals surface area contributed by atoms with E-state index in [2.05, 4.69) is 54.9 Å². The minimum absolute atomic E-state index is 0.0164. The average Bonchev–Trinajstić information content (AvgIpc) is 3.58. The standard InChI is InChI=1S/C32H47N5O2/c1-32(2,3)24-15-12-23(13-16-24)19-36-21-34-27-18-28(31(39)35-26-11-7-6-10-25(26)33)37(20-29(27)36)30(38)17-14-22-8-4-5-9-22/h12-13,15-16,21-22,25-26,28H,4-11,14,17-20,33H2,1-3H3,(H,35,39). The zero-order valence-electron chi connectivity index (χ0n) is 24.1. The molecule has 0 saturated heterocycles. The summed E-state index contributed by atoms with van der Waals surface area (Å²) in [5, 5.41) is 3.22. The van der Waals surface area contributed by atoms with Crippen molar-refractivity contribution in [3.05, 3.63) is 53.1 Å². The molecule has 3 N–H and O–H groups in total. The molecular weight excluding hydrogens is 486 g/mol. The van der Waals surface area contributed by atoms with Crippen molar-refractivity contribution < 1.29 is 9.59 Å². The first kappa shape index (κ1) is 27.9. The lowest BCUT2D eigenvalue weighted by Crippen LogP contribution is -2.57. The van der Waals surface area contributed by atoms with Gasteiger partial charge in [-0.15, -0.1) is 0 Å². The van der Waals surface area contributed by atoms with E-state index in [-0.39, 0.29) is 29.3 Å². The molecule has 3 atom stereocenters. The maximum Gasteiger partial charge on any atom is 0.243 e. The highest BCUT2D eigenvalue weighted by molar-refractivity contribution is 5.88. The Morgan fingerprint density at radius 3 is 2.41 bits per heavy atom. The highest BCUT2D eigenvalue weighted by atomic mass is 16.2. The van der Waals surface area contributed by atoms with Gasteiger partial charge in [-0.3, -0.25) is 9.59 Å². The molecule has 39 heavy (non-hydrogen) atoms. The molecule has 2 heterocycles. The van der Waals surface area contributed by atoms with Crippen molar-refractivity contribution in [2.75, 3.05) is 0 Å². The van der Waals surface area contributed by atoms with E-state index in [1.165, 1.54) is 36.8 Å². The lowest BCUT2D eigenvalue weighted by atomic mass is 9.87. The van der Waals surface area contributed by atoms with E-state index >= 15 is 0 Å². The Balaban J connectivity index is 1.34. The molecule has 2 aliphatic carbocycles. The number of imidazole rings is 1. The highest BCUT2D eigenvalue weighted by Gasteiger charge is 2.38. The maximum atomic E-state index is 13.7. The number of rotatable bonds is 7. The van der Waals surface area contributed by atoms with Crippen molar-refractivity contribution in [2.24, 2.45) is 11.7 Å². The summed E-state index contributed by atoms with van der Waals surface area (Å²) in [4.78, 5) is 33.8. The van der Waals surface area contributed by atoms with Crippen LogP contribution in [0.2, 0.25) is 0 Å². The SMILES string of the molecule is CC(C)(C)c1ccc(Cn2cnc3c2CN(C(=O)CCC2CCCC2)C(C(=O)NC2CCCCC2N)C3)cc1. The predicted octanol–water partition coefficient (Wildman–Crippen LogP) is 4.84. The molecule has 2 aromatic rings. The van der Waals surface area contributed by atoms with Crippen LogP contribution in [0.3, 0.4) is 0 Å². The van der Waals surface area contributed by atoms with Crippen LogP contribution in [0.25, 0.3) is 0 Å². The predicted molar refractivity (Wildman–Crippen MR) is 154 cm³/mol. The van der Waals surface area contributed by atoms with E-state index in [0.29, 0.717) is 31.8 Å². The molecular formula is C32H47N5O2. The van der Waals surface area contributed by atoms with E-state index in [1.807, 2.05) is 11.2 Å². The molecule has 5 rings (SSSR count). The summed E-state index contributed by atoms with van der Waals surface area (Å²) in [5.74, 6) is 0.649. The van der Waals surface area contributed by atoms with Gasteiger partial charge in [0.25, 0.3) is 0 Å². The normalized spacial score (nSPS) is 24.0. The number of benzene rings is 1. The topological polar surface area (TPSA) is 93.2 Å². The minimum Gasteiger partial charge on any atom is -0.350 e. The Labute approximate surface area is 233 Å². The third-order valence-corrected chi connectivity index (χ3v) is 9.30. The first-order valence-corrected chi connectivity index (χ1v) is 15.2. The van der Waals surface area contributed by atoms with Gasteiger partial charge in [0.15, 0.2) is 0 Å². The number of nitrogens with zero attached hydrogens (tertiary/aromatic N) is 3. The quantitative estimate of drug-likeness (QED) is 0.533. The van der Waals surface area contributed by atoms with Crippen molar-refractivity contribution in [1.29, 1.82) is 0 Å². The smallest absolute Gasteiger partial charge is 0.243 e. The molecule has 2 amide bonds. The fraction of sp³-hybridized carbons (Fsp3) is 0.656. The number of carbonyl (C=O) groups is 2. The zero-order chi connectivity index (χ0) is 27.6. The number of nitrogens with one attached hydrogen (secondary N) is 1. The van der Waals surface area contributed by atoms with Crippen LogP contribution >= 0.6 is 0 Å². The Morgan fingerprint density at radius 2 is 1.72 bits per heavy atom. The number of fused-ring (bicyclic) bond motifs is 1. The zero-order valence-corrected chi connectivity index (χ0v) is 24.1. The van der Waals surface area contributed by atoms with Gasteiger partial charge in [0, 0.05) is 31.5 Å². The maximum absolute atomic E-state index is 13.7. The number of amides is 2. The van der Waals surface area contributed by atoms with Crippen LogP contribution in [0, 0.1) is 5.92 Å². The van der Waals surface area contributed by atoms with Gasteiger partial charge in [-0.2, -0.15) is 0 Å². The summed E-state index contributed by atoms with van der Waals surface area (Å²) in [6.45, 7) is 7.79. The fourth-order valence-electron chi connectivity index (χ4n) is 6.69. The summed E-state index contributed by atoms with van der Waals surface area (Å²) in [6, 6.07) is 8.21. The third kappa shape index (κ3) is 6.56. The molecule has 1 aromatic carbocycles.